The van der Waals surface area contributed by atoms with Crippen LogP contribution in [-0.4, -0.2) is 75.6 Å². The van der Waals surface area contributed by atoms with Gasteiger partial charge in [-0.25, -0.2) is 35.9 Å². The summed E-state index contributed by atoms with van der Waals surface area (Å²) in [7, 11) is -2.40. The topological polar surface area (TPSA) is 93.2 Å². The number of halogens is 6. The summed E-state index contributed by atoms with van der Waals surface area (Å²) in [6, 6.07) is 22.0. The number of piperidine rings is 2. The van der Waals surface area contributed by atoms with E-state index in [2.05, 4.69) is 0 Å². The van der Waals surface area contributed by atoms with E-state index in [1.807, 2.05) is 112 Å². The second-order valence-electron chi connectivity index (χ2n) is 22.0. The molecule has 72 heavy (non-hydrogen) atoms. The van der Waals surface area contributed by atoms with Crippen molar-refractivity contribution in [2.45, 2.75) is 153 Å². The van der Waals surface area contributed by atoms with E-state index < -0.39 is 66.0 Å². The van der Waals surface area contributed by atoms with Gasteiger partial charge in [0.05, 0.1) is 0 Å². The lowest BCUT2D eigenvalue weighted by atomic mass is 9.79. The Labute approximate surface area is 425 Å². The average molecular weight is 1040 g/mol. The standard InChI is InChI=1S/2C28H34F3NO3S/c2*1-28(2,3)36(34)17-21(11-20-14-25(30)26(31)15-24(20)29)19-12-22-9-10-23(13-19)32(22)27(33)35-16-18-7-5-4-6-8-18/h2*4-8,14-15,19,21-23H,9-13,16-17H2,1-3H3/t19?,21-,22-,23+,36+;19?,21-,22-,23+,36-/m01/s1. The number of carbonyl (C=O) groups is 2. The van der Waals surface area contributed by atoms with Gasteiger partial charge in [0.25, 0.3) is 0 Å². The van der Waals surface area contributed by atoms with Crippen LogP contribution >= 0.6 is 0 Å². The van der Waals surface area contributed by atoms with Crippen LogP contribution < -0.4 is 0 Å². The Morgan fingerprint density at radius 1 is 0.514 bits per heavy atom. The summed E-state index contributed by atoms with van der Waals surface area (Å²) in [5.74, 6) is -5.71. The third-order valence-electron chi connectivity index (χ3n) is 14.9. The van der Waals surface area contributed by atoms with E-state index in [1.165, 1.54) is 0 Å². The molecule has 10 atom stereocenters. The number of fused-ring (bicyclic) bond motifs is 4. The molecule has 2 amide bonds. The van der Waals surface area contributed by atoms with Crippen LogP contribution in [0.3, 0.4) is 0 Å². The molecule has 0 aromatic heterocycles. The summed E-state index contributed by atoms with van der Waals surface area (Å²) in [5, 5.41) is 0. The highest BCUT2D eigenvalue weighted by Gasteiger charge is 2.48. The van der Waals surface area contributed by atoms with Gasteiger partial charge in [0.15, 0.2) is 23.3 Å². The first-order valence-electron chi connectivity index (χ1n) is 25.1. The van der Waals surface area contributed by atoms with Crippen LogP contribution in [0.2, 0.25) is 0 Å². The summed E-state index contributed by atoms with van der Waals surface area (Å²) in [4.78, 5) is 29.6. The first-order chi connectivity index (χ1) is 34.0. The van der Waals surface area contributed by atoms with Crippen molar-refractivity contribution in [3.63, 3.8) is 0 Å². The first kappa shape index (κ1) is 55.1. The van der Waals surface area contributed by atoms with Crippen LogP contribution in [0, 0.1) is 58.6 Å². The zero-order valence-corrected chi connectivity index (χ0v) is 43.7. The van der Waals surface area contributed by atoms with Crippen molar-refractivity contribution in [3.8, 4) is 0 Å². The van der Waals surface area contributed by atoms with Crippen molar-refractivity contribution in [1.82, 2.24) is 9.80 Å². The highest BCUT2D eigenvalue weighted by Crippen LogP contribution is 2.45. The zero-order valence-electron chi connectivity index (χ0n) is 42.0. The molecule has 16 heteroatoms. The molecule has 392 valence electrons. The van der Waals surface area contributed by atoms with Gasteiger partial charge >= 0.3 is 12.2 Å². The maximum atomic E-state index is 14.5. The fraction of sp³-hybridized carbons (Fsp3) is 0.536. The Bertz CT molecular complexity index is 2360. The van der Waals surface area contributed by atoms with Gasteiger partial charge in [-0.3, -0.25) is 8.42 Å². The maximum absolute atomic E-state index is 14.5. The minimum atomic E-state index is -1.22. The molecular formula is C56H68F6N2O6S2. The van der Waals surface area contributed by atoms with Crippen LogP contribution in [0.4, 0.5) is 35.9 Å². The molecule has 4 aliphatic heterocycles. The number of benzene rings is 4. The summed E-state index contributed by atoms with van der Waals surface area (Å²) < 4.78 is 120. The summed E-state index contributed by atoms with van der Waals surface area (Å²) in [6.45, 7) is 11.8. The van der Waals surface area contributed by atoms with Gasteiger partial charge in [0.1, 0.15) is 24.8 Å². The van der Waals surface area contributed by atoms with Crippen molar-refractivity contribution in [3.05, 3.63) is 142 Å². The number of rotatable bonds is 14. The quantitative estimate of drug-likeness (QED) is 0.0923. The van der Waals surface area contributed by atoms with Gasteiger partial charge in [0, 0.05) is 78.9 Å². The van der Waals surface area contributed by atoms with E-state index in [-0.39, 0.29) is 97.2 Å². The molecule has 4 heterocycles. The second-order valence-corrected chi connectivity index (χ2v) is 26.5. The third kappa shape index (κ3) is 13.9. The van der Waals surface area contributed by atoms with Crippen molar-refractivity contribution < 1.29 is 53.8 Å². The molecule has 0 aliphatic carbocycles. The Morgan fingerprint density at radius 2 is 0.819 bits per heavy atom. The Hall–Kier alpha value is -4.70. The molecule has 4 saturated heterocycles. The van der Waals surface area contributed by atoms with E-state index >= 15 is 0 Å². The van der Waals surface area contributed by atoms with Crippen molar-refractivity contribution in [2.24, 2.45) is 23.7 Å². The van der Waals surface area contributed by atoms with Gasteiger partial charge in [-0.1, -0.05) is 60.7 Å². The van der Waals surface area contributed by atoms with Gasteiger partial charge in [-0.05, 0) is 164 Å². The lowest BCUT2D eigenvalue weighted by Gasteiger charge is -2.41. The Balaban J connectivity index is 0.000000211. The molecule has 8 rings (SSSR count). The number of hydrogen-bond donors (Lipinski definition) is 0. The number of hydrogen-bond acceptors (Lipinski definition) is 6. The molecule has 0 saturated carbocycles. The second kappa shape index (κ2) is 23.7. The minimum Gasteiger partial charge on any atom is -0.445 e. The molecule has 0 radical (unpaired) electrons. The summed E-state index contributed by atoms with van der Waals surface area (Å²) in [5.41, 5.74) is 2.04. The SMILES string of the molecule is CC(C)(C)[S@](=O)C[C@@H](Cc1cc(F)c(F)cc1F)C1C[C@H]2CC[C@@H](C1)N2C(=O)OCc1ccccc1.CC(C)(C)[S@](=O)C[C@H](Cc1cc(F)c(F)cc1F)C1C[C@H]2CC[C@@H](C1)N2C(=O)OCc1ccccc1. The Kier molecular flexibility index (Phi) is 18.1. The number of amides is 2. The molecule has 0 N–H and O–H groups in total. The molecular weight excluding hydrogens is 975 g/mol. The summed E-state index contributed by atoms with van der Waals surface area (Å²) in [6.07, 6.45) is 5.88. The highest BCUT2D eigenvalue weighted by molar-refractivity contribution is 7.86. The van der Waals surface area contributed by atoms with Crippen molar-refractivity contribution >= 4 is 33.8 Å². The predicted octanol–water partition coefficient (Wildman–Crippen LogP) is 12.8. The molecule has 0 spiro atoms. The largest absolute Gasteiger partial charge is 0.445 e. The minimum absolute atomic E-state index is 0.00241. The van der Waals surface area contributed by atoms with Crippen LogP contribution in [0.5, 0.6) is 0 Å². The van der Waals surface area contributed by atoms with Crippen LogP contribution in [-0.2, 0) is 57.1 Å². The predicted molar refractivity (Wildman–Crippen MR) is 269 cm³/mol. The lowest BCUT2D eigenvalue weighted by Crippen LogP contribution is -2.48. The van der Waals surface area contributed by atoms with Crippen molar-refractivity contribution in [1.29, 1.82) is 0 Å². The molecule has 2 unspecified atom stereocenters. The fourth-order valence-corrected chi connectivity index (χ4v) is 13.6. The normalized spacial score (nSPS) is 23.4. The van der Waals surface area contributed by atoms with Crippen LogP contribution in [0.1, 0.15) is 115 Å². The van der Waals surface area contributed by atoms with E-state index in [9.17, 15) is 44.3 Å². The van der Waals surface area contributed by atoms with Crippen LogP contribution in [0.25, 0.3) is 0 Å². The van der Waals surface area contributed by atoms with E-state index in [1.54, 1.807) is 0 Å². The molecule has 4 bridgehead atoms. The maximum Gasteiger partial charge on any atom is 0.410 e. The first-order valence-corrected chi connectivity index (χ1v) is 27.7. The van der Waals surface area contributed by atoms with Crippen LogP contribution in [0.15, 0.2) is 84.9 Å². The number of ether oxygens (including phenoxy) is 2. The molecule has 4 aromatic rings. The fourth-order valence-electron chi connectivity index (χ4n) is 11.0. The smallest absolute Gasteiger partial charge is 0.410 e. The Morgan fingerprint density at radius 3 is 1.12 bits per heavy atom. The average Bonchev–Trinajstić information content (AvgIpc) is 3.76. The molecule has 4 aromatic carbocycles. The van der Waals surface area contributed by atoms with E-state index in [0.29, 0.717) is 49.3 Å². The monoisotopic (exact) mass is 1040 g/mol. The number of carbonyl (C=O) groups excluding carboxylic acids is 2. The van der Waals surface area contributed by atoms with Gasteiger partial charge in [-0.15, -0.1) is 0 Å². The molecule has 4 aliphatic rings. The molecule has 4 fully saturated rings. The zero-order chi connectivity index (χ0) is 52.1. The van der Waals surface area contributed by atoms with Crippen molar-refractivity contribution in [2.75, 3.05) is 11.5 Å². The highest BCUT2D eigenvalue weighted by atomic mass is 32.2. The number of nitrogens with zero attached hydrogens (tertiary/aromatic N) is 2. The van der Waals surface area contributed by atoms with Gasteiger partial charge in [0.2, 0.25) is 0 Å². The van der Waals surface area contributed by atoms with Gasteiger partial charge in [-0.2, -0.15) is 0 Å². The molecule has 8 nitrogen and oxygen atoms in total. The van der Waals surface area contributed by atoms with E-state index in [4.69, 9.17) is 9.47 Å². The summed E-state index contributed by atoms with van der Waals surface area (Å²) >= 11 is 0. The van der Waals surface area contributed by atoms with E-state index in [0.717, 1.165) is 48.9 Å². The third-order valence-corrected chi connectivity index (χ3v) is 19.1. The van der Waals surface area contributed by atoms with Gasteiger partial charge < -0.3 is 19.3 Å². The lowest BCUT2D eigenvalue weighted by molar-refractivity contribution is 0.0445.